The van der Waals surface area contributed by atoms with Crippen molar-refractivity contribution in [3.05, 3.63) is 59.7 Å². The molecule has 0 heterocycles. The van der Waals surface area contributed by atoms with Crippen LogP contribution in [0, 0.1) is 0 Å². The zero-order chi connectivity index (χ0) is 37.7. The first-order valence-corrected chi connectivity index (χ1v) is 21.3. The summed E-state index contributed by atoms with van der Waals surface area (Å²) in [5.41, 5.74) is 6.01. The van der Waals surface area contributed by atoms with Crippen LogP contribution < -0.4 is 21.4 Å². The fourth-order valence-electron chi connectivity index (χ4n) is 6.36. The van der Waals surface area contributed by atoms with Crippen molar-refractivity contribution in [2.24, 2.45) is 0 Å². The summed E-state index contributed by atoms with van der Waals surface area (Å²) in [6, 6.07) is 17.9. The molecule has 0 amide bonds. The molecule has 0 aliphatic rings. The molecule has 0 atom stereocenters. The number of rotatable bonds is 25. The van der Waals surface area contributed by atoms with Crippen LogP contribution in [0.3, 0.4) is 0 Å². The third kappa shape index (κ3) is 29.6. The van der Waals surface area contributed by atoms with Crippen molar-refractivity contribution in [1.29, 1.82) is 0 Å². The van der Waals surface area contributed by atoms with Crippen LogP contribution in [0.4, 0.5) is 11.4 Å². The van der Waals surface area contributed by atoms with Crippen LogP contribution in [0.5, 0.6) is 0 Å². The third-order valence-electron chi connectivity index (χ3n) is 9.23. The van der Waals surface area contributed by atoms with Crippen molar-refractivity contribution in [3.8, 4) is 0 Å². The summed E-state index contributed by atoms with van der Waals surface area (Å²) < 4.78 is 32.9. The molecule has 0 aliphatic carbocycles. The van der Waals surface area contributed by atoms with Crippen molar-refractivity contribution < 1.29 is 29.6 Å². The predicted octanol–water partition coefficient (Wildman–Crippen LogP) is 8.79. The Labute approximate surface area is 323 Å². The average molecular weight is 756 g/mol. The first-order valence-electron chi connectivity index (χ1n) is 20.0. The maximum atomic E-state index is 9.22. The minimum Gasteiger partial charge on any atom is -1.00 e. The van der Waals surface area contributed by atoms with Crippen molar-refractivity contribution in [2.75, 3.05) is 49.4 Å². The Kier molecular flexibility index (Phi) is 31.3. The minimum atomic E-state index is -4.41. The molecule has 0 N–H and O–H groups in total. The maximum absolute atomic E-state index is 9.22. The van der Waals surface area contributed by atoms with Gasteiger partial charge in [0.25, 0.3) is 0 Å². The van der Waals surface area contributed by atoms with E-state index in [2.05, 4.69) is 109 Å². The molecule has 0 aliphatic heterocycles. The lowest BCUT2D eigenvalue weighted by Crippen LogP contribution is -3.00. The molecule has 298 valence electrons. The molecule has 0 fully saturated rings. The van der Waals surface area contributed by atoms with Crippen LogP contribution in [0.1, 0.15) is 153 Å². The van der Waals surface area contributed by atoms with Gasteiger partial charge < -0.3 is 17.0 Å². The number of halogens is 1. The van der Waals surface area contributed by atoms with Crippen molar-refractivity contribution in [1.82, 2.24) is 8.97 Å². The standard InChI is InChI=1S/2C21H38N.CH4O4S.ClH/c2*1-5-6-7-8-9-10-11-12-13-14-17-20-18-15-16-19-21(20)22(2,3)4;1-5-6(2,3)4;/h2*15-16,18-19H,5-14,17H2,1-4H3;1H3,(H,2,3,4);1H/q2*+1;;/p-2. The van der Waals surface area contributed by atoms with Crippen molar-refractivity contribution in [3.63, 3.8) is 0 Å². The Bertz CT molecular complexity index is 1120. The van der Waals surface area contributed by atoms with Gasteiger partial charge in [0, 0.05) is 11.1 Å². The molecule has 2 rings (SSSR count). The summed E-state index contributed by atoms with van der Waals surface area (Å²) in [6.07, 6.45) is 30.8. The molecule has 6 nitrogen and oxygen atoms in total. The van der Waals surface area contributed by atoms with Gasteiger partial charge in [-0.05, 0) is 37.8 Å². The van der Waals surface area contributed by atoms with E-state index in [1.807, 2.05) is 0 Å². The highest BCUT2D eigenvalue weighted by Crippen LogP contribution is 2.26. The Hall–Kier alpha value is -1.48. The average Bonchev–Trinajstić information content (AvgIpc) is 3.06. The molecule has 0 spiro atoms. The van der Waals surface area contributed by atoms with E-state index in [-0.39, 0.29) is 12.4 Å². The van der Waals surface area contributed by atoms with Gasteiger partial charge in [-0.1, -0.05) is 166 Å². The highest BCUT2D eigenvalue weighted by Gasteiger charge is 2.17. The van der Waals surface area contributed by atoms with Crippen molar-refractivity contribution in [2.45, 2.75) is 155 Å². The first-order chi connectivity index (χ1) is 23.7. The number of aryl methyl sites for hydroxylation is 2. The smallest absolute Gasteiger partial charge is 0.217 e. The number of nitrogens with zero attached hydrogens (tertiary/aromatic N) is 2. The SMILES string of the molecule is CCCCCCCCCCCCc1ccccc1[N+](C)(C)C.CCCCCCCCCCCCc1ccccc1[N+](C)(C)C.COS(=O)(=O)[O-].[Cl-]. The largest absolute Gasteiger partial charge is 1.00 e. The molecule has 0 bridgehead atoms. The summed E-state index contributed by atoms with van der Waals surface area (Å²) in [5, 5.41) is 0. The molecular formula is C43H79ClN2O4S. The van der Waals surface area contributed by atoms with Crippen LogP contribution in [-0.2, 0) is 27.4 Å². The van der Waals surface area contributed by atoms with Gasteiger partial charge in [-0.25, -0.2) is 8.42 Å². The summed E-state index contributed by atoms with van der Waals surface area (Å²) in [7, 11) is 9.96. The lowest BCUT2D eigenvalue weighted by Gasteiger charge is -2.26. The number of unbranched alkanes of at least 4 members (excludes halogenated alkanes) is 18. The molecule has 51 heavy (non-hydrogen) atoms. The molecule has 0 radical (unpaired) electrons. The lowest BCUT2D eigenvalue weighted by molar-refractivity contribution is -0.0000173. The number of para-hydroxylation sites is 2. The van der Waals surface area contributed by atoms with Gasteiger partial charge in [0.1, 0.15) is 11.4 Å². The topological polar surface area (TPSA) is 66.4 Å². The van der Waals surface area contributed by atoms with E-state index in [9.17, 15) is 13.0 Å². The summed E-state index contributed by atoms with van der Waals surface area (Å²) in [4.78, 5) is 0. The van der Waals surface area contributed by atoms with Crippen LogP contribution in [0.2, 0.25) is 0 Å². The van der Waals surface area contributed by atoms with Gasteiger partial charge in [0.2, 0.25) is 10.4 Å². The number of hydrogen-bond acceptors (Lipinski definition) is 4. The van der Waals surface area contributed by atoms with Gasteiger partial charge in [-0.3, -0.25) is 13.1 Å². The fraction of sp³-hybridized carbons (Fsp3) is 0.721. The minimum absolute atomic E-state index is 0. The normalized spacial score (nSPS) is 11.6. The van der Waals surface area contributed by atoms with Crippen LogP contribution in [0.25, 0.3) is 0 Å². The Morgan fingerprint density at radius 3 is 0.961 bits per heavy atom. The number of hydrogen-bond donors (Lipinski definition) is 0. The van der Waals surface area contributed by atoms with E-state index in [1.165, 1.54) is 164 Å². The van der Waals surface area contributed by atoms with E-state index < -0.39 is 10.4 Å². The Morgan fingerprint density at radius 2 is 0.725 bits per heavy atom. The first kappa shape index (κ1) is 51.6. The molecule has 0 saturated heterocycles. The Balaban J connectivity index is 0. The van der Waals surface area contributed by atoms with Gasteiger partial charge in [0.15, 0.2) is 0 Å². The van der Waals surface area contributed by atoms with E-state index in [4.69, 9.17) is 0 Å². The second kappa shape index (κ2) is 30.9. The van der Waals surface area contributed by atoms with Crippen LogP contribution in [-0.4, -0.2) is 62.4 Å². The number of benzene rings is 2. The fourth-order valence-corrected chi connectivity index (χ4v) is 6.36. The molecule has 0 aromatic heterocycles. The summed E-state index contributed by atoms with van der Waals surface area (Å²) >= 11 is 0. The van der Waals surface area contributed by atoms with E-state index in [0.717, 1.165) is 16.1 Å². The highest BCUT2D eigenvalue weighted by atomic mass is 35.5. The molecule has 0 unspecified atom stereocenters. The van der Waals surface area contributed by atoms with E-state index in [0.29, 0.717) is 0 Å². The second-order valence-electron chi connectivity index (χ2n) is 15.7. The van der Waals surface area contributed by atoms with Crippen LogP contribution >= 0.6 is 0 Å². The molecule has 0 saturated carbocycles. The maximum Gasteiger partial charge on any atom is 0.217 e. The monoisotopic (exact) mass is 755 g/mol. The van der Waals surface area contributed by atoms with Crippen molar-refractivity contribution >= 4 is 21.8 Å². The highest BCUT2D eigenvalue weighted by molar-refractivity contribution is 7.80. The summed E-state index contributed by atoms with van der Waals surface area (Å²) in [6.45, 7) is 4.58. The molecule has 2 aromatic carbocycles. The molecule has 8 heteroatoms. The quantitative estimate of drug-likeness (QED) is 0.0440. The lowest BCUT2D eigenvalue weighted by atomic mass is 10.0. The van der Waals surface area contributed by atoms with Gasteiger partial charge in [-0.2, -0.15) is 0 Å². The van der Waals surface area contributed by atoms with Gasteiger partial charge in [0.05, 0.1) is 49.4 Å². The predicted molar refractivity (Wildman–Crippen MR) is 220 cm³/mol. The van der Waals surface area contributed by atoms with Gasteiger partial charge >= 0.3 is 0 Å². The molecular weight excluding hydrogens is 676 g/mol. The van der Waals surface area contributed by atoms with E-state index >= 15 is 0 Å². The van der Waals surface area contributed by atoms with E-state index in [1.54, 1.807) is 0 Å². The number of quaternary nitrogens is 2. The van der Waals surface area contributed by atoms with Crippen LogP contribution in [0.15, 0.2) is 48.5 Å². The second-order valence-corrected chi connectivity index (χ2v) is 16.9. The molecule has 2 aromatic rings. The zero-order valence-electron chi connectivity index (χ0n) is 34.5. The summed E-state index contributed by atoms with van der Waals surface area (Å²) in [5.74, 6) is 0. The third-order valence-corrected chi connectivity index (χ3v) is 9.64. The van der Waals surface area contributed by atoms with Gasteiger partial charge in [-0.15, -0.1) is 0 Å². The zero-order valence-corrected chi connectivity index (χ0v) is 36.1. The Morgan fingerprint density at radius 1 is 0.490 bits per heavy atom.